The molecule has 2 rings (SSSR count). The Morgan fingerprint density at radius 2 is 1.77 bits per heavy atom. The number of halogens is 3. The van der Waals surface area contributed by atoms with E-state index in [1.165, 1.54) is 13.8 Å². The maximum atomic E-state index is 13.6. The van der Waals surface area contributed by atoms with Crippen LogP contribution < -0.4 is 0 Å². The number of ketones is 2. The molecule has 0 aliphatic rings. The molecule has 0 spiro atoms. The predicted octanol–water partition coefficient (Wildman–Crippen LogP) is 4.71. The number of aryl methyl sites for hydroxylation is 1. The molecular weight excluding hydrogens is 384 g/mol. The van der Waals surface area contributed by atoms with Gasteiger partial charge < -0.3 is 9.72 Å². The van der Waals surface area contributed by atoms with Gasteiger partial charge in [0, 0.05) is 11.3 Å². The number of aromatic amines is 1. The van der Waals surface area contributed by atoms with Crippen LogP contribution in [-0.4, -0.2) is 28.6 Å². The van der Waals surface area contributed by atoms with Gasteiger partial charge in [-0.25, -0.2) is 9.18 Å². The number of ether oxygens (including phenoxy) is 1. The van der Waals surface area contributed by atoms with Gasteiger partial charge >= 0.3 is 5.97 Å². The van der Waals surface area contributed by atoms with Gasteiger partial charge in [0.05, 0.1) is 21.3 Å². The van der Waals surface area contributed by atoms with Gasteiger partial charge in [0.1, 0.15) is 5.82 Å². The fraction of sp³-hybridized carbons (Fsp3) is 0.278. The summed E-state index contributed by atoms with van der Waals surface area (Å²) in [5, 5.41) is -0.322. The summed E-state index contributed by atoms with van der Waals surface area (Å²) in [5.41, 5.74) is 1.41. The average Bonchev–Trinajstić information content (AvgIpc) is 2.84. The van der Waals surface area contributed by atoms with E-state index in [2.05, 4.69) is 4.98 Å². The summed E-state index contributed by atoms with van der Waals surface area (Å²) in [7, 11) is 0. The molecule has 1 aromatic heterocycles. The molecule has 2 aromatic rings. The summed E-state index contributed by atoms with van der Waals surface area (Å²) in [5.74, 6) is -2.48. The maximum Gasteiger partial charge on any atom is 0.340 e. The van der Waals surface area contributed by atoms with E-state index >= 15 is 0 Å². The zero-order chi connectivity index (χ0) is 19.8. The molecule has 0 aliphatic heterocycles. The summed E-state index contributed by atoms with van der Waals surface area (Å²) in [6, 6.07) is 1.93. The number of esters is 1. The van der Waals surface area contributed by atoms with Crippen LogP contribution in [0, 0.1) is 19.7 Å². The largest absolute Gasteiger partial charge is 0.451 e. The number of aromatic nitrogens is 1. The zero-order valence-corrected chi connectivity index (χ0v) is 16.0. The lowest BCUT2D eigenvalue weighted by molar-refractivity contribution is 0.0316. The maximum absolute atomic E-state index is 13.6. The van der Waals surface area contributed by atoms with Gasteiger partial charge in [-0.3, -0.25) is 9.59 Å². The molecule has 26 heavy (non-hydrogen) atoms. The van der Waals surface area contributed by atoms with Gasteiger partial charge in [-0.1, -0.05) is 23.2 Å². The molecule has 0 unspecified atom stereocenters. The third-order valence-electron chi connectivity index (χ3n) is 3.92. The smallest absolute Gasteiger partial charge is 0.340 e. The van der Waals surface area contributed by atoms with Crippen LogP contribution in [0.4, 0.5) is 4.39 Å². The highest BCUT2D eigenvalue weighted by atomic mass is 35.5. The first-order chi connectivity index (χ1) is 12.0. The number of Topliss-reactive ketones (excluding diaryl/α,β-unsaturated/α-hetero) is 2. The van der Waals surface area contributed by atoms with Crippen LogP contribution in [0.5, 0.6) is 0 Å². The Morgan fingerprint density at radius 3 is 2.31 bits per heavy atom. The first kappa shape index (κ1) is 20.1. The van der Waals surface area contributed by atoms with E-state index in [0.29, 0.717) is 16.8 Å². The molecule has 0 radical (unpaired) electrons. The van der Waals surface area contributed by atoms with Crippen molar-refractivity contribution in [3.63, 3.8) is 0 Å². The van der Waals surface area contributed by atoms with Gasteiger partial charge in [0.25, 0.3) is 0 Å². The van der Waals surface area contributed by atoms with Crippen LogP contribution in [0.1, 0.15) is 56.3 Å². The number of hydrogen-bond acceptors (Lipinski definition) is 4. The van der Waals surface area contributed by atoms with Crippen molar-refractivity contribution in [2.45, 2.75) is 33.8 Å². The monoisotopic (exact) mass is 399 g/mol. The van der Waals surface area contributed by atoms with Crippen molar-refractivity contribution in [1.82, 2.24) is 4.98 Å². The normalized spacial score (nSPS) is 12.0. The number of rotatable bonds is 5. The molecule has 1 atom stereocenters. The fourth-order valence-electron chi connectivity index (χ4n) is 2.68. The van der Waals surface area contributed by atoms with Crippen molar-refractivity contribution < 1.29 is 23.5 Å². The first-order valence-corrected chi connectivity index (χ1v) is 8.40. The van der Waals surface area contributed by atoms with Gasteiger partial charge in [-0.05, 0) is 45.4 Å². The van der Waals surface area contributed by atoms with Crippen molar-refractivity contribution in [3.8, 4) is 0 Å². The van der Waals surface area contributed by atoms with E-state index in [4.69, 9.17) is 27.9 Å². The van der Waals surface area contributed by atoms with Gasteiger partial charge in [0.15, 0.2) is 11.9 Å². The van der Waals surface area contributed by atoms with Crippen molar-refractivity contribution in [1.29, 1.82) is 0 Å². The second kappa shape index (κ2) is 7.60. The minimum atomic E-state index is -1.17. The SMILES string of the molecule is CC(=O)c1c(C)[nH]c(C(=O)[C@H](C)OC(=O)c2cc(F)c(Cl)cc2Cl)c1C. The molecule has 1 N–H and O–H groups in total. The Hall–Kier alpha value is -2.18. The lowest BCUT2D eigenvalue weighted by Crippen LogP contribution is -2.25. The van der Waals surface area contributed by atoms with Crippen LogP contribution in [0.15, 0.2) is 12.1 Å². The number of benzene rings is 1. The minimum Gasteiger partial charge on any atom is -0.451 e. The highest BCUT2D eigenvalue weighted by Crippen LogP contribution is 2.26. The Morgan fingerprint density at radius 1 is 1.15 bits per heavy atom. The molecular formula is C18H16Cl2FNO4. The lowest BCUT2D eigenvalue weighted by Gasteiger charge is -2.13. The second-order valence-electron chi connectivity index (χ2n) is 5.84. The van der Waals surface area contributed by atoms with E-state index in [9.17, 15) is 18.8 Å². The van der Waals surface area contributed by atoms with Crippen LogP contribution in [0.2, 0.25) is 10.0 Å². The van der Waals surface area contributed by atoms with E-state index in [-0.39, 0.29) is 27.1 Å². The zero-order valence-electron chi connectivity index (χ0n) is 14.5. The van der Waals surface area contributed by atoms with Crippen molar-refractivity contribution >= 4 is 40.7 Å². The molecule has 0 saturated heterocycles. The quantitative estimate of drug-likeness (QED) is 0.448. The molecule has 5 nitrogen and oxygen atoms in total. The highest BCUT2D eigenvalue weighted by Gasteiger charge is 2.27. The van der Waals surface area contributed by atoms with Crippen molar-refractivity contribution in [2.75, 3.05) is 0 Å². The number of nitrogens with one attached hydrogen (secondary N) is 1. The molecule has 0 saturated carbocycles. The molecule has 1 aromatic carbocycles. The number of hydrogen-bond donors (Lipinski definition) is 1. The highest BCUT2D eigenvalue weighted by molar-refractivity contribution is 6.36. The van der Waals surface area contributed by atoms with E-state index < -0.39 is 23.7 Å². The van der Waals surface area contributed by atoms with Crippen LogP contribution in [0.3, 0.4) is 0 Å². The minimum absolute atomic E-state index is 0.0909. The molecule has 0 aliphatic carbocycles. The topological polar surface area (TPSA) is 76.2 Å². The first-order valence-electron chi connectivity index (χ1n) is 7.64. The fourth-order valence-corrected chi connectivity index (χ4v) is 3.14. The molecule has 0 fully saturated rings. The third-order valence-corrected chi connectivity index (χ3v) is 4.52. The third kappa shape index (κ3) is 3.81. The van der Waals surface area contributed by atoms with Gasteiger partial charge in [-0.15, -0.1) is 0 Å². The number of carbonyl (C=O) groups is 3. The Bertz CT molecular complexity index is 920. The molecule has 0 bridgehead atoms. The van der Waals surface area contributed by atoms with Gasteiger partial charge in [-0.2, -0.15) is 0 Å². The lowest BCUT2D eigenvalue weighted by atomic mass is 10.0. The van der Waals surface area contributed by atoms with Crippen LogP contribution in [0.25, 0.3) is 0 Å². The van der Waals surface area contributed by atoms with Crippen LogP contribution in [-0.2, 0) is 4.74 Å². The summed E-state index contributed by atoms with van der Waals surface area (Å²) in [4.78, 5) is 39.3. The average molecular weight is 400 g/mol. The number of carbonyl (C=O) groups excluding carboxylic acids is 3. The standard InChI is InChI=1S/C18H16Cl2FNO4/c1-7-15(9(3)23)8(2)22-16(7)17(24)10(4)26-18(25)11-5-14(21)13(20)6-12(11)19/h5-6,10,22H,1-4H3/t10-/m0/s1. The van der Waals surface area contributed by atoms with E-state index in [1.54, 1.807) is 13.8 Å². The van der Waals surface area contributed by atoms with E-state index in [1.807, 2.05) is 0 Å². The van der Waals surface area contributed by atoms with Gasteiger partial charge in [0.2, 0.25) is 5.78 Å². The molecule has 0 amide bonds. The Balaban J connectivity index is 2.25. The van der Waals surface area contributed by atoms with E-state index in [0.717, 1.165) is 12.1 Å². The molecule has 138 valence electrons. The molecule has 1 heterocycles. The Labute approximate surface area is 159 Å². The summed E-state index contributed by atoms with van der Waals surface area (Å²) >= 11 is 11.5. The van der Waals surface area contributed by atoms with Crippen LogP contribution >= 0.6 is 23.2 Å². The summed E-state index contributed by atoms with van der Waals surface area (Å²) in [6.07, 6.45) is -1.17. The molecule has 8 heteroatoms. The predicted molar refractivity (Wildman–Crippen MR) is 95.9 cm³/mol. The second-order valence-corrected chi connectivity index (χ2v) is 6.65. The van der Waals surface area contributed by atoms with Crippen molar-refractivity contribution in [3.05, 3.63) is 56.1 Å². The summed E-state index contributed by atoms with van der Waals surface area (Å²) in [6.45, 7) is 6.09. The number of H-pyrrole nitrogens is 1. The summed E-state index contributed by atoms with van der Waals surface area (Å²) < 4.78 is 18.7. The van der Waals surface area contributed by atoms with Crippen molar-refractivity contribution in [2.24, 2.45) is 0 Å². The Kier molecular flexibility index (Phi) is 5.88.